The molecule has 0 unspecified atom stereocenters. The lowest BCUT2D eigenvalue weighted by Gasteiger charge is -2.10. The minimum Gasteiger partial charge on any atom is -0.342 e. The zero-order valence-corrected chi connectivity index (χ0v) is 15.7. The molecule has 1 aromatic heterocycles. The number of benzene rings is 3. The van der Waals surface area contributed by atoms with Crippen LogP contribution in [0.1, 0.15) is 5.56 Å². The molecule has 0 aliphatic rings. The van der Waals surface area contributed by atoms with E-state index >= 15 is 0 Å². The van der Waals surface area contributed by atoms with E-state index in [0.29, 0.717) is 5.56 Å². The molecule has 0 saturated heterocycles. The van der Waals surface area contributed by atoms with Crippen LogP contribution in [-0.4, -0.2) is 9.49 Å². The molecule has 0 radical (unpaired) electrons. The number of aromatic nitrogens is 1. The molecular weight excluding hydrogens is 362 g/mol. The highest BCUT2D eigenvalue weighted by atomic mass is 16.6. The molecule has 0 amide bonds. The summed E-state index contributed by atoms with van der Waals surface area (Å²) in [5.74, 6) is 0. The Balaban J connectivity index is 2.04. The van der Waals surface area contributed by atoms with Gasteiger partial charge in [0, 0.05) is 30.3 Å². The Kier molecular flexibility index (Phi) is 4.68. The van der Waals surface area contributed by atoms with Gasteiger partial charge in [-0.15, -0.1) is 0 Å². The Bertz CT molecular complexity index is 1220. The van der Waals surface area contributed by atoms with E-state index in [-0.39, 0.29) is 5.69 Å². The van der Waals surface area contributed by atoms with Gasteiger partial charge in [0.1, 0.15) is 6.07 Å². The third-order valence-electron chi connectivity index (χ3n) is 4.97. The molecule has 1 heterocycles. The van der Waals surface area contributed by atoms with E-state index < -0.39 is 4.92 Å². The second-order valence-corrected chi connectivity index (χ2v) is 6.65. The molecule has 5 heteroatoms. The number of hydrogen-bond acceptors (Lipinski definition) is 3. The monoisotopic (exact) mass is 379 g/mol. The first-order valence-corrected chi connectivity index (χ1v) is 9.10. The van der Waals surface area contributed by atoms with E-state index in [1.165, 1.54) is 12.1 Å². The summed E-state index contributed by atoms with van der Waals surface area (Å²) in [5, 5.41) is 21.1. The maximum Gasteiger partial charge on any atom is 0.269 e. The SMILES string of the molecule is Cn1c(-c2ccc([N+](=O)[O-])cc2)c(C#N)c(-c2ccccc2)c1-c1ccccc1. The predicted molar refractivity (Wildman–Crippen MR) is 113 cm³/mol. The maximum absolute atomic E-state index is 11.0. The van der Waals surface area contributed by atoms with Gasteiger partial charge in [-0.3, -0.25) is 10.1 Å². The fraction of sp³-hybridized carbons (Fsp3) is 0.0417. The van der Waals surface area contributed by atoms with Crippen LogP contribution in [0.3, 0.4) is 0 Å². The van der Waals surface area contributed by atoms with Gasteiger partial charge >= 0.3 is 0 Å². The summed E-state index contributed by atoms with van der Waals surface area (Å²) in [5.41, 5.74) is 5.80. The normalized spacial score (nSPS) is 10.5. The minimum absolute atomic E-state index is 0.0213. The lowest BCUT2D eigenvalue weighted by Crippen LogP contribution is -1.96. The van der Waals surface area contributed by atoms with Gasteiger partial charge < -0.3 is 4.57 Å². The first-order chi connectivity index (χ1) is 14.1. The van der Waals surface area contributed by atoms with Crippen molar-refractivity contribution in [1.82, 2.24) is 4.57 Å². The van der Waals surface area contributed by atoms with Crippen molar-refractivity contribution in [2.45, 2.75) is 0 Å². The van der Waals surface area contributed by atoms with Crippen LogP contribution in [0.25, 0.3) is 33.6 Å². The molecule has 29 heavy (non-hydrogen) atoms. The molecule has 0 N–H and O–H groups in total. The van der Waals surface area contributed by atoms with Crippen LogP contribution in [0.5, 0.6) is 0 Å². The fourth-order valence-electron chi connectivity index (χ4n) is 3.69. The van der Waals surface area contributed by atoms with Crippen molar-refractivity contribution in [3.63, 3.8) is 0 Å². The molecule has 4 aromatic rings. The number of hydrogen-bond donors (Lipinski definition) is 0. The molecule has 0 atom stereocenters. The van der Waals surface area contributed by atoms with Gasteiger partial charge in [-0.1, -0.05) is 60.7 Å². The standard InChI is InChI=1S/C24H17N3O2/c1-26-23(19-12-14-20(15-13-19)27(28)29)21(16-25)22(17-8-4-2-5-9-17)24(26)18-10-6-3-7-11-18/h2-15H,1H3. The molecule has 0 fully saturated rings. The third-order valence-corrected chi connectivity index (χ3v) is 4.97. The van der Waals surface area contributed by atoms with Crippen LogP contribution < -0.4 is 0 Å². The van der Waals surface area contributed by atoms with Crippen molar-refractivity contribution in [3.8, 4) is 39.7 Å². The largest absolute Gasteiger partial charge is 0.342 e. The number of rotatable bonds is 4. The fourth-order valence-corrected chi connectivity index (χ4v) is 3.69. The van der Waals surface area contributed by atoms with Gasteiger partial charge in [0.25, 0.3) is 5.69 Å². The van der Waals surface area contributed by atoms with E-state index in [1.807, 2.05) is 72.3 Å². The van der Waals surface area contributed by atoms with Gasteiger partial charge in [-0.05, 0) is 23.3 Å². The molecule has 3 aromatic carbocycles. The number of nitro benzene ring substituents is 1. The van der Waals surface area contributed by atoms with Crippen LogP contribution in [0.15, 0.2) is 84.9 Å². The highest BCUT2D eigenvalue weighted by molar-refractivity contribution is 5.92. The summed E-state index contributed by atoms with van der Waals surface area (Å²) in [6.45, 7) is 0. The number of nitro groups is 1. The maximum atomic E-state index is 11.0. The zero-order valence-electron chi connectivity index (χ0n) is 15.7. The van der Waals surface area contributed by atoms with Crippen molar-refractivity contribution in [1.29, 1.82) is 5.26 Å². The Morgan fingerprint density at radius 1 is 0.793 bits per heavy atom. The average Bonchev–Trinajstić information content (AvgIpc) is 3.07. The molecule has 0 spiro atoms. The van der Waals surface area contributed by atoms with Crippen LogP contribution >= 0.6 is 0 Å². The van der Waals surface area contributed by atoms with Gasteiger partial charge in [-0.25, -0.2) is 0 Å². The summed E-state index contributed by atoms with van der Waals surface area (Å²) in [6.07, 6.45) is 0. The molecule has 0 saturated carbocycles. The summed E-state index contributed by atoms with van der Waals surface area (Å²) in [7, 11) is 1.92. The Morgan fingerprint density at radius 2 is 1.31 bits per heavy atom. The van der Waals surface area contributed by atoms with Crippen LogP contribution in [0.4, 0.5) is 5.69 Å². The average molecular weight is 379 g/mol. The van der Waals surface area contributed by atoms with Crippen LogP contribution in [0, 0.1) is 21.4 Å². The van der Waals surface area contributed by atoms with Gasteiger partial charge in [0.2, 0.25) is 0 Å². The smallest absolute Gasteiger partial charge is 0.269 e. The predicted octanol–water partition coefficient (Wildman–Crippen LogP) is 5.81. The third kappa shape index (κ3) is 3.17. The first kappa shape index (κ1) is 18.2. The molecule has 0 aliphatic heterocycles. The van der Waals surface area contributed by atoms with Crippen molar-refractivity contribution in [2.75, 3.05) is 0 Å². The first-order valence-electron chi connectivity index (χ1n) is 9.10. The van der Waals surface area contributed by atoms with Crippen LogP contribution in [0.2, 0.25) is 0 Å². The van der Waals surface area contributed by atoms with Crippen LogP contribution in [-0.2, 0) is 7.05 Å². The summed E-state index contributed by atoms with van der Waals surface area (Å²) in [4.78, 5) is 10.6. The quantitative estimate of drug-likeness (QED) is 0.332. The molecule has 4 rings (SSSR count). The Labute approximate surface area is 168 Å². The van der Waals surface area contributed by atoms with Crippen molar-refractivity contribution in [3.05, 3.63) is 101 Å². The van der Waals surface area contributed by atoms with Gasteiger partial charge in [-0.2, -0.15) is 5.26 Å². The molecule has 5 nitrogen and oxygen atoms in total. The highest BCUT2D eigenvalue weighted by Gasteiger charge is 2.24. The summed E-state index contributed by atoms with van der Waals surface area (Å²) >= 11 is 0. The number of nitrogens with zero attached hydrogens (tertiary/aromatic N) is 3. The second-order valence-electron chi connectivity index (χ2n) is 6.65. The summed E-state index contributed by atoms with van der Waals surface area (Å²) < 4.78 is 2.00. The zero-order chi connectivity index (χ0) is 20.4. The minimum atomic E-state index is -0.426. The van der Waals surface area contributed by atoms with Gasteiger partial charge in [0.15, 0.2) is 0 Å². The molecule has 140 valence electrons. The van der Waals surface area contributed by atoms with Gasteiger partial charge in [0.05, 0.1) is 21.9 Å². The summed E-state index contributed by atoms with van der Waals surface area (Å²) in [6, 6.07) is 28.4. The van der Waals surface area contributed by atoms with Crippen molar-refractivity contribution in [2.24, 2.45) is 7.05 Å². The lowest BCUT2D eigenvalue weighted by molar-refractivity contribution is -0.384. The number of non-ortho nitro benzene ring substituents is 1. The van der Waals surface area contributed by atoms with E-state index in [1.54, 1.807) is 12.1 Å². The van der Waals surface area contributed by atoms with E-state index in [0.717, 1.165) is 33.6 Å². The lowest BCUT2D eigenvalue weighted by atomic mass is 9.96. The molecular formula is C24H17N3O2. The highest BCUT2D eigenvalue weighted by Crippen LogP contribution is 2.42. The van der Waals surface area contributed by atoms with Crippen molar-refractivity contribution >= 4 is 5.69 Å². The molecule has 0 bridgehead atoms. The van der Waals surface area contributed by atoms with Crippen molar-refractivity contribution < 1.29 is 4.92 Å². The second kappa shape index (κ2) is 7.45. The van der Waals surface area contributed by atoms with E-state index in [9.17, 15) is 15.4 Å². The topological polar surface area (TPSA) is 71.9 Å². The molecule has 0 aliphatic carbocycles. The van der Waals surface area contributed by atoms with E-state index in [2.05, 4.69) is 6.07 Å². The number of nitriles is 1. The Morgan fingerprint density at radius 3 is 1.83 bits per heavy atom. The Hall–Kier alpha value is -4.17. The van der Waals surface area contributed by atoms with E-state index in [4.69, 9.17) is 0 Å².